The lowest BCUT2D eigenvalue weighted by atomic mass is 9.85. The Kier molecular flexibility index (Phi) is 5.99. The normalized spacial score (nSPS) is 29.5. The monoisotopic (exact) mass is 298 g/mol. The van der Waals surface area contributed by atoms with Crippen molar-refractivity contribution in [3.05, 3.63) is 0 Å². The minimum Gasteiger partial charge on any atom is -0.394 e. The number of hydrogen-bond acceptors (Lipinski definition) is 4. The molecule has 6 nitrogen and oxygen atoms in total. The quantitative estimate of drug-likeness (QED) is 0.660. The summed E-state index contributed by atoms with van der Waals surface area (Å²) < 4.78 is 5.82. The van der Waals surface area contributed by atoms with E-state index in [0.29, 0.717) is 6.54 Å². The van der Waals surface area contributed by atoms with Gasteiger partial charge in [-0.2, -0.15) is 0 Å². The molecule has 2 fully saturated rings. The van der Waals surface area contributed by atoms with Crippen LogP contribution in [0.2, 0.25) is 0 Å². The van der Waals surface area contributed by atoms with E-state index in [9.17, 15) is 14.7 Å². The fourth-order valence-electron chi connectivity index (χ4n) is 2.94. The Labute approximate surface area is 125 Å². The molecule has 0 spiro atoms. The summed E-state index contributed by atoms with van der Waals surface area (Å²) in [4.78, 5) is 22.8. The van der Waals surface area contributed by atoms with E-state index in [1.165, 1.54) is 6.92 Å². The van der Waals surface area contributed by atoms with Crippen molar-refractivity contribution in [3.63, 3.8) is 0 Å². The average molecular weight is 298 g/mol. The lowest BCUT2D eigenvalue weighted by Gasteiger charge is -2.36. The maximum absolute atomic E-state index is 11.7. The van der Waals surface area contributed by atoms with Gasteiger partial charge in [-0.25, -0.2) is 0 Å². The van der Waals surface area contributed by atoms with Gasteiger partial charge in [-0.1, -0.05) is 6.42 Å². The molecule has 1 saturated carbocycles. The summed E-state index contributed by atoms with van der Waals surface area (Å²) in [5.74, 6) is 0.270. The topological polar surface area (TPSA) is 87.7 Å². The molecule has 3 N–H and O–H groups in total. The van der Waals surface area contributed by atoms with Gasteiger partial charge in [0.1, 0.15) is 6.10 Å². The zero-order chi connectivity index (χ0) is 15.2. The molecule has 3 atom stereocenters. The first-order chi connectivity index (χ1) is 10.1. The van der Waals surface area contributed by atoms with Crippen molar-refractivity contribution in [2.45, 2.75) is 63.7 Å². The van der Waals surface area contributed by atoms with E-state index in [1.54, 1.807) is 0 Å². The number of aliphatic hydroxyl groups is 1. The minimum atomic E-state index is -0.352. The van der Waals surface area contributed by atoms with Gasteiger partial charge in [-0.3, -0.25) is 9.59 Å². The van der Waals surface area contributed by atoms with E-state index in [0.717, 1.165) is 38.5 Å². The summed E-state index contributed by atoms with van der Waals surface area (Å²) in [6, 6.07) is -0.117. The largest absolute Gasteiger partial charge is 0.394 e. The molecule has 2 aliphatic rings. The molecular weight excluding hydrogens is 272 g/mol. The van der Waals surface area contributed by atoms with Crippen LogP contribution >= 0.6 is 0 Å². The lowest BCUT2D eigenvalue weighted by Crippen LogP contribution is -2.50. The predicted molar refractivity (Wildman–Crippen MR) is 77.6 cm³/mol. The second-order valence-corrected chi connectivity index (χ2v) is 6.07. The molecule has 1 saturated heterocycles. The summed E-state index contributed by atoms with van der Waals surface area (Å²) in [7, 11) is 0. The van der Waals surface area contributed by atoms with Crippen molar-refractivity contribution < 1.29 is 19.4 Å². The standard InChI is InChI=1S/C15H26N2O4/c1-10(19)17-13-6-5-12(21-14(13)9-18)7-8-16-15(20)11-3-2-4-11/h11-14,18H,2-9H2,1H3,(H,16,20)(H,17,19)/t12-,13+,14-/m0/s1. The maximum Gasteiger partial charge on any atom is 0.223 e. The highest BCUT2D eigenvalue weighted by Crippen LogP contribution is 2.26. The zero-order valence-electron chi connectivity index (χ0n) is 12.6. The average Bonchev–Trinajstić information content (AvgIpc) is 2.37. The summed E-state index contributed by atoms with van der Waals surface area (Å²) >= 11 is 0. The zero-order valence-corrected chi connectivity index (χ0v) is 12.6. The van der Waals surface area contributed by atoms with E-state index >= 15 is 0 Å². The number of amides is 2. The molecular formula is C15H26N2O4. The smallest absolute Gasteiger partial charge is 0.223 e. The van der Waals surface area contributed by atoms with Crippen molar-refractivity contribution in [2.24, 2.45) is 5.92 Å². The van der Waals surface area contributed by atoms with Crippen LogP contribution in [-0.4, -0.2) is 48.3 Å². The van der Waals surface area contributed by atoms with Crippen molar-refractivity contribution in [1.82, 2.24) is 10.6 Å². The highest BCUT2D eigenvalue weighted by molar-refractivity contribution is 5.79. The predicted octanol–water partition coefficient (Wildman–Crippen LogP) is 0.337. The molecule has 2 rings (SSSR count). The van der Waals surface area contributed by atoms with Crippen LogP contribution < -0.4 is 10.6 Å². The van der Waals surface area contributed by atoms with Gasteiger partial charge < -0.3 is 20.5 Å². The molecule has 120 valence electrons. The Morgan fingerprint density at radius 2 is 2.00 bits per heavy atom. The van der Waals surface area contributed by atoms with Crippen LogP contribution in [-0.2, 0) is 14.3 Å². The Morgan fingerprint density at radius 3 is 2.57 bits per heavy atom. The number of nitrogens with one attached hydrogen (secondary N) is 2. The number of ether oxygens (including phenoxy) is 1. The number of carbonyl (C=O) groups excluding carboxylic acids is 2. The van der Waals surface area contributed by atoms with Gasteiger partial charge in [0.25, 0.3) is 0 Å². The number of carbonyl (C=O) groups is 2. The number of aliphatic hydroxyl groups excluding tert-OH is 1. The molecule has 1 aliphatic carbocycles. The molecule has 0 aromatic rings. The van der Waals surface area contributed by atoms with Crippen molar-refractivity contribution in [1.29, 1.82) is 0 Å². The highest BCUT2D eigenvalue weighted by atomic mass is 16.5. The number of rotatable bonds is 6. The van der Waals surface area contributed by atoms with E-state index in [1.807, 2.05) is 0 Å². The van der Waals surface area contributed by atoms with E-state index < -0.39 is 0 Å². The fraction of sp³-hybridized carbons (Fsp3) is 0.867. The first kappa shape index (κ1) is 16.2. The van der Waals surface area contributed by atoms with Crippen molar-refractivity contribution in [3.8, 4) is 0 Å². The van der Waals surface area contributed by atoms with Gasteiger partial charge in [-0.05, 0) is 32.1 Å². The van der Waals surface area contributed by atoms with Gasteiger partial charge in [0, 0.05) is 19.4 Å². The summed E-state index contributed by atoms with van der Waals surface area (Å²) in [5.41, 5.74) is 0. The van der Waals surface area contributed by atoms with Crippen LogP contribution in [0.3, 0.4) is 0 Å². The molecule has 21 heavy (non-hydrogen) atoms. The van der Waals surface area contributed by atoms with Crippen LogP contribution in [0.4, 0.5) is 0 Å². The second-order valence-electron chi connectivity index (χ2n) is 6.07. The van der Waals surface area contributed by atoms with Crippen LogP contribution in [0.15, 0.2) is 0 Å². The second kappa shape index (κ2) is 7.75. The van der Waals surface area contributed by atoms with Crippen LogP contribution in [0.25, 0.3) is 0 Å². The summed E-state index contributed by atoms with van der Waals surface area (Å²) in [6.07, 6.45) is 5.25. The Hall–Kier alpha value is -1.14. The molecule has 0 unspecified atom stereocenters. The molecule has 2 amide bonds. The molecule has 1 aliphatic heterocycles. The molecule has 0 radical (unpaired) electrons. The van der Waals surface area contributed by atoms with Crippen molar-refractivity contribution >= 4 is 11.8 Å². The van der Waals surface area contributed by atoms with E-state index in [2.05, 4.69) is 10.6 Å². The minimum absolute atomic E-state index is 0.0360. The van der Waals surface area contributed by atoms with E-state index in [4.69, 9.17) is 4.74 Å². The third kappa shape index (κ3) is 4.68. The van der Waals surface area contributed by atoms with Gasteiger partial charge >= 0.3 is 0 Å². The maximum atomic E-state index is 11.7. The summed E-state index contributed by atoms with van der Waals surface area (Å²) in [5, 5.41) is 15.1. The van der Waals surface area contributed by atoms with Crippen LogP contribution in [0.1, 0.15) is 45.4 Å². The van der Waals surface area contributed by atoms with E-state index in [-0.39, 0.29) is 42.6 Å². The molecule has 0 aromatic carbocycles. The van der Waals surface area contributed by atoms with Gasteiger partial charge in [0.15, 0.2) is 0 Å². The van der Waals surface area contributed by atoms with Crippen LogP contribution in [0, 0.1) is 5.92 Å². The van der Waals surface area contributed by atoms with Gasteiger partial charge in [-0.15, -0.1) is 0 Å². The van der Waals surface area contributed by atoms with Gasteiger partial charge in [0.2, 0.25) is 11.8 Å². The Balaban J connectivity index is 1.68. The van der Waals surface area contributed by atoms with Gasteiger partial charge in [0.05, 0.1) is 18.8 Å². The molecule has 1 heterocycles. The Bertz CT molecular complexity index is 371. The third-order valence-electron chi connectivity index (χ3n) is 4.43. The molecule has 6 heteroatoms. The first-order valence-corrected chi connectivity index (χ1v) is 7.91. The third-order valence-corrected chi connectivity index (χ3v) is 4.43. The SMILES string of the molecule is CC(=O)N[C@@H]1CC[C@@H](CCNC(=O)C2CCC2)O[C@H]1CO. The molecule has 0 aromatic heterocycles. The van der Waals surface area contributed by atoms with Crippen LogP contribution in [0.5, 0.6) is 0 Å². The molecule has 0 bridgehead atoms. The summed E-state index contributed by atoms with van der Waals surface area (Å²) in [6.45, 7) is 1.98. The number of hydrogen-bond donors (Lipinski definition) is 3. The lowest BCUT2D eigenvalue weighted by molar-refractivity contribution is -0.129. The highest BCUT2D eigenvalue weighted by Gasteiger charge is 2.31. The first-order valence-electron chi connectivity index (χ1n) is 7.91. The fourth-order valence-corrected chi connectivity index (χ4v) is 2.94. The van der Waals surface area contributed by atoms with Crippen molar-refractivity contribution in [2.75, 3.05) is 13.2 Å². The Morgan fingerprint density at radius 1 is 1.24 bits per heavy atom.